The number of phenols is 1. The van der Waals surface area contributed by atoms with Gasteiger partial charge in [0.15, 0.2) is 0 Å². The normalized spacial score (nSPS) is 23.2. The zero-order valence-corrected chi connectivity index (χ0v) is 30.3. The van der Waals surface area contributed by atoms with Gasteiger partial charge in [-0.25, -0.2) is 0 Å². The summed E-state index contributed by atoms with van der Waals surface area (Å²) in [4.78, 5) is 28.4. The molecule has 0 bridgehead atoms. The zero-order valence-electron chi connectivity index (χ0n) is 29.3. The minimum Gasteiger partial charge on any atom is -0.508 e. The van der Waals surface area contributed by atoms with Gasteiger partial charge in [0, 0.05) is 7.05 Å². The fourth-order valence-corrected chi connectivity index (χ4v) is 13.1. The summed E-state index contributed by atoms with van der Waals surface area (Å²) >= 11 is 0. The molecule has 2 aliphatic heterocycles. The molecule has 2 amide bonds. The van der Waals surface area contributed by atoms with E-state index in [1.165, 1.54) is 20.8 Å². The molecule has 3 aromatic rings. The van der Waals surface area contributed by atoms with E-state index in [0.717, 1.165) is 23.1 Å². The molecular weight excluding hydrogens is 629 g/mol. The number of carbonyl (C=O) groups excluding carboxylic acids is 2. The van der Waals surface area contributed by atoms with E-state index in [9.17, 15) is 19.7 Å². The summed E-state index contributed by atoms with van der Waals surface area (Å²) in [6.45, 7) is 9.17. The topological polar surface area (TPSA) is 96.3 Å². The molecule has 0 radical (unpaired) electrons. The molecule has 2 N–H and O–H groups in total. The highest BCUT2D eigenvalue weighted by atomic mass is 28.4. The number of benzene rings is 3. The fourth-order valence-electron chi connectivity index (χ4n) is 8.53. The van der Waals surface area contributed by atoms with Gasteiger partial charge < -0.3 is 19.2 Å². The molecule has 2 saturated heterocycles. The van der Waals surface area contributed by atoms with Gasteiger partial charge in [0.2, 0.25) is 11.8 Å². The summed E-state index contributed by atoms with van der Waals surface area (Å²) in [7, 11) is -2.37. The van der Waals surface area contributed by atoms with Crippen LogP contribution in [-0.2, 0) is 18.7 Å². The van der Waals surface area contributed by atoms with E-state index in [4.69, 9.17) is 9.08 Å². The van der Waals surface area contributed by atoms with Gasteiger partial charge in [-0.15, -0.1) is 0 Å². The van der Waals surface area contributed by atoms with Crippen LogP contribution >= 0.6 is 0 Å². The van der Waals surface area contributed by atoms with Gasteiger partial charge in [0.05, 0.1) is 24.5 Å². The van der Waals surface area contributed by atoms with Crippen molar-refractivity contribution in [3.8, 4) is 5.75 Å². The van der Waals surface area contributed by atoms with Crippen molar-refractivity contribution in [2.45, 2.75) is 70.8 Å². The van der Waals surface area contributed by atoms with Crippen LogP contribution in [0.15, 0.2) is 102 Å². The Balaban J connectivity index is 1.42. The van der Waals surface area contributed by atoms with Crippen molar-refractivity contribution in [1.29, 1.82) is 0 Å². The molecule has 0 unspecified atom stereocenters. The summed E-state index contributed by atoms with van der Waals surface area (Å²) in [6, 6.07) is 28.2. The maximum atomic E-state index is 13.6. The van der Waals surface area contributed by atoms with Crippen LogP contribution in [0.3, 0.4) is 0 Å². The number of amides is 2. The molecule has 3 aliphatic rings. The number of rotatable bonds is 10. The first-order valence-corrected chi connectivity index (χ1v) is 19.5. The highest BCUT2D eigenvalue weighted by molar-refractivity contribution is 6.99. The maximum Gasteiger partial charge on any atom is 0.455 e. The molecule has 2 heterocycles. The second-order valence-electron chi connectivity index (χ2n) is 14.8. The van der Waals surface area contributed by atoms with E-state index in [0.29, 0.717) is 25.9 Å². The molecule has 9 heteroatoms. The first kappa shape index (κ1) is 35.1. The molecule has 0 saturated carbocycles. The molecule has 4 atom stereocenters. The Morgan fingerprint density at radius 1 is 0.980 bits per heavy atom. The van der Waals surface area contributed by atoms with Crippen LogP contribution in [0, 0.1) is 17.8 Å². The van der Waals surface area contributed by atoms with Gasteiger partial charge in [-0.05, 0) is 82.2 Å². The third-order valence-corrected chi connectivity index (χ3v) is 15.8. The van der Waals surface area contributed by atoms with E-state index in [1.54, 1.807) is 19.2 Å². The minimum atomic E-state index is -2.91. The predicted octanol–water partition coefficient (Wildman–Crippen LogP) is 5.97. The van der Waals surface area contributed by atoms with Crippen molar-refractivity contribution in [3.05, 3.63) is 107 Å². The number of aromatic hydroxyl groups is 1. The zero-order chi connectivity index (χ0) is 34.9. The molecule has 2 fully saturated rings. The molecule has 0 spiro atoms. The number of likely N-dealkylation sites (tertiary alicyclic amines) is 1. The van der Waals surface area contributed by atoms with Gasteiger partial charge in [0.1, 0.15) is 5.75 Å². The number of carbonyl (C=O) groups is 2. The number of hydrogen-bond acceptors (Lipinski definition) is 6. The summed E-state index contributed by atoms with van der Waals surface area (Å²) in [5.74, 6) is -1.41. The first-order chi connectivity index (χ1) is 23.4. The van der Waals surface area contributed by atoms with Crippen molar-refractivity contribution in [1.82, 2.24) is 4.90 Å². The first-order valence-electron chi connectivity index (χ1n) is 17.5. The smallest absolute Gasteiger partial charge is 0.455 e. The molecule has 0 aromatic heterocycles. The molecular formula is C40H48BNO6Si. The van der Waals surface area contributed by atoms with Crippen LogP contribution in [0.1, 0.15) is 58.9 Å². The van der Waals surface area contributed by atoms with E-state index in [1.807, 2.05) is 24.3 Å². The SMILES string of the molecule is CC/C(=C\c1cccc(O)c1)CC[C@H]1OB(O)C[C@H]2C1=C(CO[Si](c1ccccc1)(c1ccccc1)C(C)(C)C)C[C@H]1C(=O)N(C)C(=O)[C@H]12. The van der Waals surface area contributed by atoms with Gasteiger partial charge in [-0.2, -0.15) is 0 Å². The van der Waals surface area contributed by atoms with Crippen LogP contribution in [0.4, 0.5) is 0 Å². The Hall–Kier alpha value is -3.76. The summed E-state index contributed by atoms with van der Waals surface area (Å²) in [5, 5.41) is 23.2. The number of allylic oxidation sites excluding steroid dienone is 1. The summed E-state index contributed by atoms with van der Waals surface area (Å²) in [6.07, 6.45) is 4.51. The third kappa shape index (κ3) is 6.74. The fraction of sp³-hybridized carbons (Fsp3) is 0.400. The Labute approximate surface area is 291 Å². The van der Waals surface area contributed by atoms with Crippen molar-refractivity contribution >= 4 is 43.7 Å². The van der Waals surface area contributed by atoms with E-state index < -0.39 is 33.4 Å². The third-order valence-electron chi connectivity index (χ3n) is 10.8. The molecule has 256 valence electrons. The number of hydrogen-bond donors (Lipinski definition) is 2. The monoisotopic (exact) mass is 677 g/mol. The molecule has 3 aromatic carbocycles. The standard InChI is InChI=1S/C40H48BNO6Si/c1-6-27(22-28-14-13-15-30(43)23-28)20-21-35-36-29(24-33-37(34(36)25-41(46)48-35)39(45)42(5)38(33)44)26-47-49(40(2,3)4,31-16-9-7-10-17-31)32-18-11-8-12-19-32/h7-19,22-23,33-35,37,43,46H,6,20-21,24-26H2,1-5H3/b27-22+/t33-,34+,35-,37-/m1/s1. The van der Waals surface area contributed by atoms with Crippen LogP contribution in [0.25, 0.3) is 6.08 Å². The van der Waals surface area contributed by atoms with Gasteiger partial charge in [-0.1, -0.05) is 112 Å². The summed E-state index contributed by atoms with van der Waals surface area (Å²) in [5.41, 5.74) is 4.16. The maximum absolute atomic E-state index is 13.6. The van der Waals surface area contributed by atoms with Crippen molar-refractivity contribution in [2.24, 2.45) is 17.8 Å². The number of phenolic OH excluding ortho intramolecular Hbond substituents is 1. The molecule has 49 heavy (non-hydrogen) atoms. The lowest BCUT2D eigenvalue weighted by molar-refractivity contribution is -0.138. The number of fused-ring (bicyclic) bond motifs is 3. The van der Waals surface area contributed by atoms with Gasteiger partial charge in [0.25, 0.3) is 8.32 Å². The second kappa shape index (κ2) is 14.2. The van der Waals surface area contributed by atoms with Crippen LogP contribution in [0.5, 0.6) is 5.75 Å². The van der Waals surface area contributed by atoms with Crippen molar-refractivity contribution in [3.63, 3.8) is 0 Å². The molecule has 6 rings (SSSR count). The van der Waals surface area contributed by atoms with Gasteiger partial charge >= 0.3 is 7.12 Å². The Morgan fingerprint density at radius 2 is 1.63 bits per heavy atom. The van der Waals surface area contributed by atoms with E-state index in [2.05, 4.69) is 82.3 Å². The average molecular weight is 678 g/mol. The van der Waals surface area contributed by atoms with Gasteiger partial charge in [-0.3, -0.25) is 14.5 Å². The lowest BCUT2D eigenvalue weighted by Gasteiger charge is -2.46. The van der Waals surface area contributed by atoms with Crippen molar-refractivity contribution in [2.75, 3.05) is 13.7 Å². The Kier molecular flexibility index (Phi) is 10.2. The van der Waals surface area contributed by atoms with Crippen molar-refractivity contribution < 1.29 is 28.8 Å². The van der Waals surface area contributed by atoms with E-state index in [-0.39, 0.29) is 34.8 Å². The number of nitrogens with zero attached hydrogens (tertiary/aromatic N) is 1. The Bertz CT molecular complexity index is 1700. The largest absolute Gasteiger partial charge is 0.508 e. The lowest BCUT2D eigenvalue weighted by Crippen LogP contribution is -2.66. The minimum absolute atomic E-state index is 0.156. The molecule has 7 nitrogen and oxygen atoms in total. The predicted molar refractivity (Wildman–Crippen MR) is 197 cm³/mol. The highest BCUT2D eigenvalue weighted by Crippen LogP contribution is 2.51. The molecule has 1 aliphatic carbocycles. The van der Waals surface area contributed by atoms with Crippen LogP contribution in [0.2, 0.25) is 11.4 Å². The summed E-state index contributed by atoms with van der Waals surface area (Å²) < 4.78 is 13.8. The second-order valence-corrected chi connectivity index (χ2v) is 19.1. The average Bonchev–Trinajstić information content (AvgIpc) is 3.30. The highest BCUT2D eigenvalue weighted by Gasteiger charge is 2.57. The van der Waals surface area contributed by atoms with Crippen LogP contribution in [-0.4, -0.2) is 62.0 Å². The van der Waals surface area contributed by atoms with E-state index >= 15 is 0 Å². The van der Waals surface area contributed by atoms with Crippen LogP contribution < -0.4 is 10.4 Å². The Morgan fingerprint density at radius 3 is 2.22 bits per heavy atom. The quantitative estimate of drug-likeness (QED) is 0.156. The lowest BCUT2D eigenvalue weighted by atomic mass is 9.58. The number of imide groups is 1.